The van der Waals surface area contributed by atoms with Crippen molar-refractivity contribution in [3.05, 3.63) is 148 Å². The van der Waals surface area contributed by atoms with E-state index in [9.17, 15) is 13.2 Å². The lowest BCUT2D eigenvalue weighted by atomic mass is 9.93. The average molecular weight is 702 g/mol. The molecule has 8 rings (SSSR count). The van der Waals surface area contributed by atoms with Gasteiger partial charge >= 0.3 is 12.4 Å². The minimum atomic E-state index is -4.93. The van der Waals surface area contributed by atoms with Crippen LogP contribution in [0, 0.1) is 34.3 Å². The second-order valence-electron chi connectivity index (χ2n) is 13.2. The first-order chi connectivity index (χ1) is 24.7. The van der Waals surface area contributed by atoms with Crippen LogP contribution in [0.3, 0.4) is 0 Å². The third-order valence-electron chi connectivity index (χ3n) is 10.1. The highest BCUT2D eigenvalue weighted by atomic mass is 19.4. The maximum atomic E-state index is 15.7. The van der Waals surface area contributed by atoms with Crippen molar-refractivity contribution in [2.45, 2.75) is 40.0 Å². The first-order valence-electron chi connectivity index (χ1n) is 16.5. The number of rotatable bonds is 3. The highest BCUT2D eigenvalue weighted by Gasteiger charge is 2.39. The summed E-state index contributed by atoms with van der Waals surface area (Å²) in [6.07, 6.45) is -9.86. The largest absolute Gasteiger partial charge is 0.418 e. The van der Waals surface area contributed by atoms with Crippen molar-refractivity contribution in [1.29, 1.82) is 0 Å². The van der Waals surface area contributed by atoms with Crippen molar-refractivity contribution >= 4 is 49.3 Å². The Morgan fingerprint density at radius 2 is 0.865 bits per heavy atom. The van der Waals surface area contributed by atoms with Crippen LogP contribution in [-0.2, 0) is 12.4 Å². The summed E-state index contributed by atoms with van der Waals surface area (Å²) in [7, 11) is 0. The van der Waals surface area contributed by atoms with Gasteiger partial charge in [-0.3, -0.25) is 0 Å². The van der Waals surface area contributed by atoms with E-state index in [1.807, 2.05) is 52.0 Å². The molecule has 0 radical (unpaired) electrons. The van der Waals surface area contributed by atoms with Gasteiger partial charge in [-0.25, -0.2) is 4.85 Å². The molecule has 2 aromatic heterocycles. The maximum Gasteiger partial charge on any atom is 0.418 e. The van der Waals surface area contributed by atoms with Crippen LogP contribution in [0.25, 0.3) is 71.0 Å². The molecule has 52 heavy (non-hydrogen) atoms. The van der Waals surface area contributed by atoms with Gasteiger partial charge in [0.1, 0.15) is 0 Å². The molecule has 0 unspecified atom stereocenters. The zero-order chi connectivity index (χ0) is 36.9. The van der Waals surface area contributed by atoms with Crippen LogP contribution in [0.4, 0.5) is 32.0 Å². The van der Waals surface area contributed by atoms with Crippen molar-refractivity contribution < 1.29 is 26.3 Å². The molecule has 0 atom stereocenters. The number of fused-ring (bicyclic) bond motifs is 6. The number of hydrogen-bond acceptors (Lipinski definition) is 0. The van der Waals surface area contributed by atoms with Crippen LogP contribution in [0.5, 0.6) is 0 Å². The average Bonchev–Trinajstić information content (AvgIpc) is 3.62. The molecule has 6 aromatic carbocycles. The molecule has 0 saturated heterocycles. The lowest BCUT2D eigenvalue weighted by molar-refractivity contribution is -0.138. The van der Waals surface area contributed by atoms with Crippen LogP contribution >= 0.6 is 0 Å². The molecule has 258 valence electrons. The summed E-state index contributed by atoms with van der Waals surface area (Å²) in [5.41, 5.74) is 1.84. The fourth-order valence-electron chi connectivity index (χ4n) is 7.96. The molecular formula is C43H29F6N3. The molecule has 9 heteroatoms. The smallest absolute Gasteiger partial charge is 0.309 e. The van der Waals surface area contributed by atoms with Crippen molar-refractivity contribution in [3.8, 4) is 22.5 Å². The summed E-state index contributed by atoms with van der Waals surface area (Å²) in [6, 6.07) is 27.0. The molecule has 0 fully saturated rings. The Balaban J connectivity index is 1.65. The molecule has 3 nitrogen and oxygen atoms in total. The molecule has 0 aliphatic rings. The van der Waals surface area contributed by atoms with Gasteiger partial charge in [0.2, 0.25) is 0 Å². The van der Waals surface area contributed by atoms with Gasteiger partial charge in [-0.2, -0.15) is 26.3 Å². The highest BCUT2D eigenvalue weighted by molar-refractivity contribution is 6.14. The molecular weight excluding hydrogens is 672 g/mol. The summed E-state index contributed by atoms with van der Waals surface area (Å²) < 4.78 is 95.1. The van der Waals surface area contributed by atoms with Crippen LogP contribution in [-0.4, -0.2) is 9.13 Å². The molecule has 0 N–H and O–H groups in total. The normalized spacial score (nSPS) is 12.4. The van der Waals surface area contributed by atoms with E-state index >= 15 is 13.2 Å². The predicted molar refractivity (Wildman–Crippen MR) is 196 cm³/mol. The van der Waals surface area contributed by atoms with Crippen LogP contribution < -0.4 is 0 Å². The Hall–Kier alpha value is -6.01. The van der Waals surface area contributed by atoms with E-state index in [1.165, 1.54) is 16.7 Å². The minimum Gasteiger partial charge on any atom is -0.309 e. The van der Waals surface area contributed by atoms with Crippen molar-refractivity contribution in [2.75, 3.05) is 0 Å². The van der Waals surface area contributed by atoms with Gasteiger partial charge in [0, 0.05) is 27.1 Å². The molecule has 0 aliphatic heterocycles. The van der Waals surface area contributed by atoms with E-state index in [2.05, 4.69) is 4.85 Å². The van der Waals surface area contributed by atoms with Gasteiger partial charge in [0.25, 0.3) is 0 Å². The van der Waals surface area contributed by atoms with Gasteiger partial charge in [-0.15, -0.1) is 0 Å². The van der Waals surface area contributed by atoms with Crippen LogP contribution in [0.2, 0.25) is 0 Å². The fraction of sp³-hybridized carbons (Fsp3) is 0.140. The lowest BCUT2D eigenvalue weighted by Gasteiger charge is -2.24. The standard InChI is InChI=1S/C43H29F6N3/c1-23-11-6-17-31-37(23)38-24(2)12-7-18-32(38)51(31)35-22-29(43(47,48)49)36(21-27(35)41-28(42(44,45)46)15-10-16-30(41)50-5)52-33-19-8-13-25(3)39(33)40-26(4)14-9-20-34(40)52/h6-22H,1-4H3. The zero-order valence-electron chi connectivity index (χ0n) is 28.4. The van der Waals surface area contributed by atoms with E-state index in [-0.39, 0.29) is 22.6 Å². The zero-order valence-corrected chi connectivity index (χ0v) is 28.4. The molecule has 0 amide bonds. The third-order valence-corrected chi connectivity index (χ3v) is 10.1. The van der Waals surface area contributed by atoms with E-state index in [1.54, 1.807) is 53.1 Å². The Morgan fingerprint density at radius 3 is 1.25 bits per heavy atom. The number of benzene rings is 6. The van der Waals surface area contributed by atoms with E-state index in [4.69, 9.17) is 6.57 Å². The topological polar surface area (TPSA) is 14.2 Å². The summed E-state index contributed by atoms with van der Waals surface area (Å²) in [6.45, 7) is 15.5. The van der Waals surface area contributed by atoms with Gasteiger partial charge in [-0.1, -0.05) is 66.7 Å². The first-order valence-corrected chi connectivity index (χ1v) is 16.5. The van der Waals surface area contributed by atoms with Crippen molar-refractivity contribution in [1.82, 2.24) is 9.13 Å². The predicted octanol–water partition coefficient (Wildman–Crippen LogP) is 13.4. The molecule has 0 bridgehead atoms. The second kappa shape index (κ2) is 11.5. The maximum absolute atomic E-state index is 15.7. The third kappa shape index (κ3) is 4.81. The number of halogens is 6. The fourth-order valence-corrected chi connectivity index (χ4v) is 7.96. The summed E-state index contributed by atoms with van der Waals surface area (Å²) in [5.74, 6) is 0. The summed E-state index contributed by atoms with van der Waals surface area (Å²) in [4.78, 5) is 3.49. The Morgan fingerprint density at radius 1 is 0.481 bits per heavy atom. The Kier molecular flexibility index (Phi) is 7.33. The van der Waals surface area contributed by atoms with Gasteiger partial charge in [-0.05, 0) is 91.9 Å². The Labute approximate surface area is 294 Å². The second-order valence-corrected chi connectivity index (χ2v) is 13.2. The SMILES string of the molecule is [C-]#[N+]c1cccc(C(F)(F)F)c1-c1cc(-n2c3cccc(C)c3c3c(C)cccc32)c(C(F)(F)F)cc1-n1c2cccc(C)c2c2c(C)cccc21. The van der Waals surface area contributed by atoms with Crippen molar-refractivity contribution in [3.63, 3.8) is 0 Å². The van der Waals surface area contributed by atoms with Crippen LogP contribution in [0.15, 0.2) is 103 Å². The summed E-state index contributed by atoms with van der Waals surface area (Å²) >= 11 is 0. The number of nitrogens with zero attached hydrogens (tertiary/aromatic N) is 3. The lowest BCUT2D eigenvalue weighted by Crippen LogP contribution is -2.14. The van der Waals surface area contributed by atoms with Gasteiger partial charge < -0.3 is 9.13 Å². The van der Waals surface area contributed by atoms with E-state index in [0.29, 0.717) is 22.1 Å². The number of aromatic nitrogens is 2. The quantitative estimate of drug-likeness (QED) is 0.129. The van der Waals surface area contributed by atoms with E-state index in [0.717, 1.165) is 62.0 Å². The van der Waals surface area contributed by atoms with E-state index < -0.39 is 29.0 Å². The van der Waals surface area contributed by atoms with Crippen LogP contribution in [0.1, 0.15) is 33.4 Å². The monoisotopic (exact) mass is 701 g/mol. The highest BCUT2D eigenvalue weighted by Crippen LogP contribution is 2.50. The van der Waals surface area contributed by atoms with Gasteiger partial charge in [0.05, 0.1) is 51.1 Å². The molecule has 8 aromatic rings. The molecule has 0 saturated carbocycles. The molecule has 0 spiro atoms. The molecule has 2 heterocycles. The number of hydrogen-bond donors (Lipinski definition) is 0. The minimum absolute atomic E-state index is 0.123. The molecule has 0 aliphatic carbocycles. The Bertz CT molecular complexity index is 2710. The number of aryl methyl sites for hydroxylation is 4. The van der Waals surface area contributed by atoms with Gasteiger partial charge in [0.15, 0.2) is 5.69 Å². The summed E-state index contributed by atoms with van der Waals surface area (Å²) in [5, 5.41) is 3.06. The number of alkyl halides is 6. The first kappa shape index (κ1) is 33.2. The van der Waals surface area contributed by atoms with Crippen molar-refractivity contribution in [2.24, 2.45) is 0 Å².